The van der Waals surface area contributed by atoms with Crippen LogP contribution in [0.4, 0.5) is 0 Å². The molecule has 0 aliphatic heterocycles. The number of aliphatic hydroxyl groups excluding tert-OH is 1. The van der Waals surface area contributed by atoms with E-state index in [4.69, 9.17) is 19.7 Å². The zero-order valence-electron chi connectivity index (χ0n) is 11.9. The Hall–Kier alpha value is -1.66. The Kier molecular flexibility index (Phi) is 8.51. The van der Waals surface area contributed by atoms with Gasteiger partial charge in [-0.15, -0.1) is 0 Å². The van der Waals surface area contributed by atoms with E-state index in [2.05, 4.69) is 13.2 Å². The minimum Gasteiger partial charge on any atom is -0.458 e. The number of rotatable bonds is 9. The van der Waals surface area contributed by atoms with Crippen molar-refractivity contribution in [1.29, 1.82) is 0 Å². The molecule has 1 unspecified atom stereocenters. The van der Waals surface area contributed by atoms with Crippen molar-refractivity contribution in [2.24, 2.45) is 0 Å². The average Bonchev–Trinajstić information content (AvgIpc) is 2.34. The van der Waals surface area contributed by atoms with E-state index in [-0.39, 0.29) is 24.2 Å². The fraction of sp³-hybridized carbons (Fsp3) is 0.571. The largest absolute Gasteiger partial charge is 0.458 e. The third kappa shape index (κ3) is 8.44. The number of esters is 2. The first-order valence-electron chi connectivity index (χ1n) is 6.29. The molecule has 0 rings (SSSR count). The molecule has 0 aromatic rings. The maximum Gasteiger partial charge on any atom is 0.333 e. The second-order valence-electron chi connectivity index (χ2n) is 4.60. The zero-order chi connectivity index (χ0) is 15.7. The number of hydrogen-bond donors (Lipinski definition) is 2. The van der Waals surface area contributed by atoms with E-state index >= 15 is 0 Å². The Labute approximate surface area is 118 Å². The normalized spacial score (nSPS) is 11.8. The van der Waals surface area contributed by atoms with E-state index in [1.54, 1.807) is 0 Å². The van der Waals surface area contributed by atoms with Gasteiger partial charge in [-0.25, -0.2) is 9.59 Å². The highest BCUT2D eigenvalue weighted by molar-refractivity contribution is 5.87. The van der Waals surface area contributed by atoms with E-state index in [0.29, 0.717) is 12.8 Å². The van der Waals surface area contributed by atoms with Crippen molar-refractivity contribution in [1.82, 2.24) is 0 Å². The monoisotopic (exact) mass is 286 g/mol. The minimum absolute atomic E-state index is 0.105. The molecule has 6 nitrogen and oxygen atoms in total. The summed E-state index contributed by atoms with van der Waals surface area (Å²) in [4.78, 5) is 22.7. The van der Waals surface area contributed by atoms with Crippen LogP contribution < -0.4 is 0 Å². The number of aliphatic hydroxyl groups is 2. The van der Waals surface area contributed by atoms with E-state index in [0.717, 1.165) is 0 Å². The number of hydrogen-bond acceptors (Lipinski definition) is 6. The molecular formula is C14H22O6. The second-order valence-corrected chi connectivity index (χ2v) is 4.60. The Balaban J connectivity index is 4.38. The second kappa shape index (κ2) is 9.28. The van der Waals surface area contributed by atoms with Crippen LogP contribution in [-0.4, -0.2) is 41.2 Å². The van der Waals surface area contributed by atoms with Gasteiger partial charge in [-0.2, -0.15) is 0 Å². The molecule has 0 heterocycles. The van der Waals surface area contributed by atoms with Crippen LogP contribution in [0.25, 0.3) is 0 Å². The van der Waals surface area contributed by atoms with Gasteiger partial charge >= 0.3 is 11.9 Å². The minimum atomic E-state index is -1.41. The van der Waals surface area contributed by atoms with Gasteiger partial charge < -0.3 is 19.7 Å². The van der Waals surface area contributed by atoms with Gasteiger partial charge in [0.1, 0.15) is 12.7 Å². The van der Waals surface area contributed by atoms with Gasteiger partial charge in [-0.1, -0.05) is 13.2 Å². The number of carbonyl (C=O) groups is 2. The molecule has 6 heteroatoms. The first kappa shape index (κ1) is 18.3. The highest BCUT2D eigenvalue weighted by Gasteiger charge is 2.18. The van der Waals surface area contributed by atoms with Crippen molar-refractivity contribution in [2.75, 3.05) is 6.61 Å². The van der Waals surface area contributed by atoms with Crippen LogP contribution in [0, 0.1) is 0 Å². The van der Waals surface area contributed by atoms with Crippen molar-refractivity contribution < 1.29 is 29.3 Å². The summed E-state index contributed by atoms with van der Waals surface area (Å²) in [6, 6.07) is 0. The molecule has 0 fully saturated rings. The molecule has 0 saturated heterocycles. The molecule has 0 amide bonds. The zero-order valence-corrected chi connectivity index (χ0v) is 11.9. The molecule has 0 spiro atoms. The first-order valence-corrected chi connectivity index (χ1v) is 6.29. The average molecular weight is 286 g/mol. The van der Waals surface area contributed by atoms with E-state index in [9.17, 15) is 9.59 Å². The Morgan fingerprint density at radius 3 is 2.05 bits per heavy atom. The molecule has 0 bridgehead atoms. The van der Waals surface area contributed by atoms with Gasteiger partial charge in [0.05, 0.1) is 0 Å². The van der Waals surface area contributed by atoms with Crippen LogP contribution in [-0.2, 0) is 19.1 Å². The highest BCUT2D eigenvalue weighted by Crippen LogP contribution is 2.10. The molecule has 0 radical (unpaired) electrons. The van der Waals surface area contributed by atoms with Gasteiger partial charge in [0, 0.05) is 11.1 Å². The van der Waals surface area contributed by atoms with Crippen LogP contribution in [0.2, 0.25) is 0 Å². The number of ether oxygens (including phenoxy) is 2. The molecule has 0 aliphatic rings. The standard InChI is InChI=1S/C14H22O6/c1-9(2)13(17)19-8-11(6-5-7-12(15)16)20-14(18)10(3)4/h11-12,15-16H,1,3,5-8H2,2,4H3. The lowest BCUT2D eigenvalue weighted by molar-refractivity contribution is -0.154. The van der Waals surface area contributed by atoms with Gasteiger partial charge in [-0.05, 0) is 33.1 Å². The maximum absolute atomic E-state index is 11.5. The summed E-state index contributed by atoms with van der Waals surface area (Å²) >= 11 is 0. The van der Waals surface area contributed by atoms with Crippen molar-refractivity contribution in [2.45, 2.75) is 45.5 Å². The Bertz CT molecular complexity index is 372. The SMILES string of the molecule is C=C(C)C(=O)OCC(CCCC(O)O)OC(=O)C(=C)C. The summed E-state index contributed by atoms with van der Waals surface area (Å²) < 4.78 is 10.0. The molecule has 1 atom stereocenters. The Morgan fingerprint density at radius 2 is 1.60 bits per heavy atom. The molecule has 0 aromatic carbocycles. The number of carbonyl (C=O) groups excluding carboxylic acids is 2. The summed E-state index contributed by atoms with van der Waals surface area (Å²) in [5.41, 5.74) is 0.490. The summed E-state index contributed by atoms with van der Waals surface area (Å²) in [5, 5.41) is 17.5. The van der Waals surface area contributed by atoms with Crippen molar-refractivity contribution in [3.8, 4) is 0 Å². The van der Waals surface area contributed by atoms with Gasteiger partial charge in [-0.3, -0.25) is 0 Å². The maximum atomic E-state index is 11.5. The topological polar surface area (TPSA) is 93.1 Å². The Morgan fingerprint density at radius 1 is 1.05 bits per heavy atom. The predicted molar refractivity (Wildman–Crippen MR) is 72.5 cm³/mol. The van der Waals surface area contributed by atoms with E-state index in [1.807, 2.05) is 0 Å². The molecule has 114 valence electrons. The lowest BCUT2D eigenvalue weighted by atomic mass is 10.1. The summed E-state index contributed by atoms with van der Waals surface area (Å²) in [7, 11) is 0. The summed E-state index contributed by atoms with van der Waals surface area (Å²) in [5.74, 6) is -1.14. The molecule has 2 N–H and O–H groups in total. The van der Waals surface area contributed by atoms with Crippen LogP contribution in [0.1, 0.15) is 33.1 Å². The van der Waals surface area contributed by atoms with Crippen LogP contribution in [0.5, 0.6) is 0 Å². The molecular weight excluding hydrogens is 264 g/mol. The lowest BCUT2D eigenvalue weighted by Crippen LogP contribution is -2.26. The van der Waals surface area contributed by atoms with Crippen molar-refractivity contribution in [3.05, 3.63) is 24.3 Å². The van der Waals surface area contributed by atoms with Gasteiger partial charge in [0.25, 0.3) is 0 Å². The van der Waals surface area contributed by atoms with E-state index in [1.165, 1.54) is 13.8 Å². The van der Waals surface area contributed by atoms with Crippen LogP contribution in [0.3, 0.4) is 0 Å². The smallest absolute Gasteiger partial charge is 0.333 e. The van der Waals surface area contributed by atoms with E-state index < -0.39 is 24.3 Å². The van der Waals surface area contributed by atoms with Crippen molar-refractivity contribution in [3.63, 3.8) is 0 Å². The quantitative estimate of drug-likeness (QED) is 0.374. The van der Waals surface area contributed by atoms with Gasteiger partial charge in [0.15, 0.2) is 6.29 Å². The van der Waals surface area contributed by atoms with Gasteiger partial charge in [0.2, 0.25) is 0 Å². The molecule has 0 saturated carbocycles. The summed E-state index contributed by atoms with van der Waals surface area (Å²) in [6.07, 6.45) is -1.15. The molecule has 20 heavy (non-hydrogen) atoms. The first-order chi connectivity index (χ1) is 9.23. The van der Waals surface area contributed by atoms with Crippen LogP contribution >= 0.6 is 0 Å². The third-order valence-corrected chi connectivity index (χ3v) is 2.36. The predicted octanol–water partition coefficient (Wildman–Crippen LogP) is 1.07. The molecule has 0 aromatic heterocycles. The highest BCUT2D eigenvalue weighted by atomic mass is 16.6. The summed E-state index contributed by atoms with van der Waals surface area (Å²) in [6.45, 7) is 9.83. The fourth-order valence-electron chi connectivity index (χ4n) is 1.25. The lowest BCUT2D eigenvalue weighted by Gasteiger charge is -2.18. The van der Waals surface area contributed by atoms with Crippen LogP contribution in [0.15, 0.2) is 24.3 Å². The molecule has 0 aliphatic carbocycles. The van der Waals surface area contributed by atoms with Crippen molar-refractivity contribution >= 4 is 11.9 Å². The third-order valence-electron chi connectivity index (χ3n) is 2.36. The fourth-order valence-corrected chi connectivity index (χ4v) is 1.25.